The third-order valence-electron chi connectivity index (χ3n) is 2.68. The van der Waals surface area contributed by atoms with Gasteiger partial charge in [-0.05, 0) is 24.3 Å². The van der Waals surface area contributed by atoms with Gasteiger partial charge in [-0.1, -0.05) is 0 Å². The van der Waals surface area contributed by atoms with Gasteiger partial charge in [-0.2, -0.15) is 0 Å². The molecule has 0 saturated carbocycles. The lowest BCUT2D eigenvalue weighted by Crippen LogP contribution is -2.08. The van der Waals surface area contributed by atoms with Gasteiger partial charge in [0.25, 0.3) is 0 Å². The van der Waals surface area contributed by atoms with Crippen molar-refractivity contribution in [2.24, 2.45) is 7.05 Å². The number of hydrogen-bond acceptors (Lipinski definition) is 6. The molecule has 0 atom stereocenters. The van der Waals surface area contributed by atoms with Crippen LogP contribution in [0.25, 0.3) is 11.3 Å². The standard InChI is InChI=1S/C11H13N3O4S/c1-14-10(19(15,16)17)9(13-11(14)12)7-3-5-8(18-2)6-4-7/h3-6H,1-2H3,(H2,12,13)(H,15,16,17)/p-1. The van der Waals surface area contributed by atoms with Crippen LogP contribution in [0.2, 0.25) is 0 Å². The van der Waals surface area contributed by atoms with E-state index < -0.39 is 15.1 Å². The number of benzene rings is 1. The summed E-state index contributed by atoms with van der Waals surface area (Å²) < 4.78 is 39.9. The van der Waals surface area contributed by atoms with E-state index in [1.54, 1.807) is 24.3 Å². The second-order valence-corrected chi connectivity index (χ2v) is 5.16. The SMILES string of the molecule is COc1ccc(-c2nc(N)n(C)c2S(=O)(=O)[O-])cc1. The summed E-state index contributed by atoms with van der Waals surface area (Å²) >= 11 is 0. The fourth-order valence-electron chi connectivity index (χ4n) is 1.72. The van der Waals surface area contributed by atoms with Crippen molar-refractivity contribution in [3.63, 3.8) is 0 Å². The molecule has 7 nitrogen and oxygen atoms in total. The van der Waals surface area contributed by atoms with E-state index >= 15 is 0 Å². The number of ether oxygens (including phenoxy) is 1. The van der Waals surface area contributed by atoms with E-state index in [-0.39, 0.29) is 11.6 Å². The second kappa shape index (κ2) is 4.56. The molecule has 0 saturated heterocycles. The number of rotatable bonds is 3. The summed E-state index contributed by atoms with van der Waals surface area (Å²) in [5.74, 6) is 0.569. The van der Waals surface area contributed by atoms with E-state index in [1.165, 1.54) is 14.2 Å². The minimum Gasteiger partial charge on any atom is -0.743 e. The monoisotopic (exact) mass is 282 g/mol. The van der Waals surface area contributed by atoms with Gasteiger partial charge in [0, 0.05) is 12.6 Å². The molecule has 2 N–H and O–H groups in total. The maximum Gasteiger partial charge on any atom is 0.201 e. The van der Waals surface area contributed by atoms with Crippen LogP contribution in [0, 0.1) is 0 Å². The lowest BCUT2D eigenvalue weighted by Gasteiger charge is -2.10. The number of hydrogen-bond donors (Lipinski definition) is 1. The Morgan fingerprint density at radius 3 is 2.37 bits per heavy atom. The van der Waals surface area contributed by atoms with Crippen molar-refractivity contribution in [2.75, 3.05) is 12.8 Å². The van der Waals surface area contributed by atoms with E-state index in [0.29, 0.717) is 11.3 Å². The molecule has 0 aliphatic carbocycles. The van der Waals surface area contributed by atoms with Crippen molar-refractivity contribution in [3.05, 3.63) is 24.3 Å². The van der Waals surface area contributed by atoms with Crippen LogP contribution in [0.4, 0.5) is 5.95 Å². The van der Waals surface area contributed by atoms with Crippen LogP contribution in [-0.2, 0) is 17.2 Å². The number of nitrogens with zero attached hydrogens (tertiary/aromatic N) is 2. The van der Waals surface area contributed by atoms with Crippen molar-refractivity contribution >= 4 is 16.1 Å². The van der Waals surface area contributed by atoms with Crippen LogP contribution in [0.1, 0.15) is 0 Å². The summed E-state index contributed by atoms with van der Waals surface area (Å²) in [6.07, 6.45) is 0. The summed E-state index contributed by atoms with van der Waals surface area (Å²) in [5, 5.41) is -0.449. The molecule has 0 bridgehead atoms. The summed E-state index contributed by atoms with van der Waals surface area (Å²) in [6.45, 7) is 0. The first-order valence-electron chi connectivity index (χ1n) is 5.27. The Kier molecular flexibility index (Phi) is 3.21. The van der Waals surface area contributed by atoms with Gasteiger partial charge in [0.05, 0.1) is 7.11 Å². The zero-order valence-electron chi connectivity index (χ0n) is 10.3. The van der Waals surface area contributed by atoms with Crippen molar-refractivity contribution in [1.82, 2.24) is 9.55 Å². The number of anilines is 1. The number of imidazole rings is 1. The smallest absolute Gasteiger partial charge is 0.201 e. The predicted octanol–water partition coefficient (Wildman–Crippen LogP) is 0.582. The van der Waals surface area contributed by atoms with Crippen molar-refractivity contribution < 1.29 is 17.7 Å². The Hall–Kier alpha value is -2.06. The van der Waals surface area contributed by atoms with Crippen LogP contribution < -0.4 is 10.5 Å². The first-order valence-corrected chi connectivity index (χ1v) is 6.68. The zero-order valence-corrected chi connectivity index (χ0v) is 11.1. The van der Waals surface area contributed by atoms with Gasteiger partial charge in [0.15, 0.2) is 5.03 Å². The topological polar surface area (TPSA) is 110 Å². The highest BCUT2D eigenvalue weighted by atomic mass is 32.2. The minimum atomic E-state index is -4.67. The van der Waals surface area contributed by atoms with Crippen molar-refractivity contribution in [3.8, 4) is 17.0 Å². The summed E-state index contributed by atoms with van der Waals surface area (Å²) in [5.41, 5.74) is 6.07. The van der Waals surface area contributed by atoms with E-state index in [1.807, 2.05) is 0 Å². The van der Waals surface area contributed by atoms with Gasteiger partial charge in [-0.15, -0.1) is 0 Å². The maximum absolute atomic E-state index is 11.3. The molecule has 0 aliphatic rings. The zero-order chi connectivity index (χ0) is 14.2. The van der Waals surface area contributed by atoms with Crippen LogP contribution >= 0.6 is 0 Å². The van der Waals surface area contributed by atoms with Gasteiger partial charge in [0.2, 0.25) is 5.95 Å². The van der Waals surface area contributed by atoms with Crippen molar-refractivity contribution in [1.29, 1.82) is 0 Å². The average molecular weight is 282 g/mol. The molecule has 8 heteroatoms. The normalized spacial score (nSPS) is 11.5. The molecule has 19 heavy (non-hydrogen) atoms. The maximum atomic E-state index is 11.3. The van der Waals surface area contributed by atoms with Gasteiger partial charge < -0.3 is 19.6 Å². The highest BCUT2D eigenvalue weighted by Gasteiger charge is 2.19. The molecule has 102 valence electrons. The van der Waals surface area contributed by atoms with Gasteiger partial charge in [-0.25, -0.2) is 13.4 Å². The molecule has 1 aromatic heterocycles. The summed E-state index contributed by atoms with van der Waals surface area (Å²) in [4.78, 5) is 3.92. The molecule has 1 aromatic carbocycles. The molecule has 0 spiro atoms. The van der Waals surface area contributed by atoms with Crippen LogP contribution in [0.15, 0.2) is 29.3 Å². The molecule has 0 aliphatic heterocycles. The van der Waals surface area contributed by atoms with Crippen LogP contribution in [-0.4, -0.2) is 29.6 Å². The third-order valence-corrected chi connectivity index (χ3v) is 3.62. The summed E-state index contributed by atoms with van der Waals surface area (Å²) in [7, 11) is -1.78. The van der Waals surface area contributed by atoms with Gasteiger partial charge in [0.1, 0.15) is 21.6 Å². The van der Waals surface area contributed by atoms with Gasteiger partial charge >= 0.3 is 0 Å². The Labute approximate surface area is 110 Å². The third kappa shape index (κ3) is 2.40. The molecule has 0 radical (unpaired) electrons. The molecule has 0 fully saturated rings. The average Bonchev–Trinajstić information content (AvgIpc) is 2.65. The fourth-order valence-corrected chi connectivity index (χ4v) is 2.55. The van der Waals surface area contributed by atoms with Crippen LogP contribution in [0.3, 0.4) is 0 Å². The molecule has 1 heterocycles. The number of methoxy groups -OCH3 is 1. The largest absolute Gasteiger partial charge is 0.743 e. The van der Waals surface area contributed by atoms with E-state index in [2.05, 4.69) is 4.98 Å². The first kappa shape index (κ1) is 13.4. The van der Waals surface area contributed by atoms with Gasteiger partial charge in [-0.3, -0.25) is 0 Å². The molecule has 2 aromatic rings. The van der Waals surface area contributed by atoms with E-state index in [9.17, 15) is 13.0 Å². The summed E-state index contributed by atoms with van der Waals surface area (Å²) in [6, 6.07) is 6.49. The fraction of sp³-hybridized carbons (Fsp3) is 0.182. The highest BCUT2D eigenvalue weighted by molar-refractivity contribution is 7.85. The number of nitrogen functional groups attached to an aromatic ring is 1. The molecule has 2 rings (SSSR count). The Morgan fingerprint density at radius 2 is 1.89 bits per heavy atom. The minimum absolute atomic E-state index is 0.0395. The van der Waals surface area contributed by atoms with E-state index in [4.69, 9.17) is 10.5 Å². The quantitative estimate of drug-likeness (QED) is 0.824. The molecule has 0 unspecified atom stereocenters. The molecule has 0 amide bonds. The first-order chi connectivity index (χ1) is 8.84. The predicted molar refractivity (Wildman–Crippen MR) is 67.6 cm³/mol. The Balaban J connectivity index is 2.65. The number of nitrogens with two attached hydrogens (primary N) is 1. The Bertz CT molecular complexity index is 704. The number of aromatic nitrogens is 2. The van der Waals surface area contributed by atoms with Crippen LogP contribution in [0.5, 0.6) is 5.75 Å². The highest BCUT2D eigenvalue weighted by Crippen LogP contribution is 2.29. The lowest BCUT2D eigenvalue weighted by atomic mass is 10.1. The Morgan fingerprint density at radius 1 is 1.32 bits per heavy atom. The van der Waals surface area contributed by atoms with Crippen molar-refractivity contribution in [2.45, 2.75) is 5.03 Å². The molecular formula is C11H12N3O4S-. The molecular weight excluding hydrogens is 270 g/mol. The lowest BCUT2D eigenvalue weighted by molar-refractivity contribution is 0.415. The van der Waals surface area contributed by atoms with E-state index in [0.717, 1.165) is 4.57 Å². The second-order valence-electron chi connectivity index (χ2n) is 3.87.